The molecule has 4 N–H and O–H groups in total. The van der Waals surface area contributed by atoms with Crippen LogP contribution < -0.4 is 10.6 Å². The van der Waals surface area contributed by atoms with Gasteiger partial charge in [0.05, 0.1) is 12.1 Å². The van der Waals surface area contributed by atoms with Gasteiger partial charge in [0.2, 0.25) is 5.91 Å². The zero-order chi connectivity index (χ0) is 26.5. The summed E-state index contributed by atoms with van der Waals surface area (Å²) in [6.45, 7) is 8.22. The molecule has 2 aromatic carbocycles. The minimum Gasteiger partial charge on any atom is -0.396 e. The zero-order valence-corrected chi connectivity index (χ0v) is 21.8. The van der Waals surface area contributed by atoms with Crippen LogP contribution in [0, 0.1) is 17.6 Å². The number of carbonyl (C=O) groups is 1. The first kappa shape index (κ1) is 28.2. The summed E-state index contributed by atoms with van der Waals surface area (Å²) in [7, 11) is 0. The topological polar surface area (TPSA) is 81.6 Å². The van der Waals surface area contributed by atoms with E-state index in [9.17, 15) is 23.8 Å². The molecule has 0 aliphatic heterocycles. The fraction of sp³-hybridized carbons (Fsp3) is 0.552. The van der Waals surface area contributed by atoms with Crippen molar-refractivity contribution in [2.45, 2.75) is 82.9 Å². The van der Waals surface area contributed by atoms with Gasteiger partial charge >= 0.3 is 0 Å². The minimum absolute atomic E-state index is 0.0181. The second kappa shape index (κ2) is 11.8. The summed E-state index contributed by atoms with van der Waals surface area (Å²) in [4.78, 5) is 11.9. The number of aliphatic hydroxyl groups is 2. The van der Waals surface area contributed by atoms with Crippen molar-refractivity contribution in [1.82, 2.24) is 10.6 Å². The van der Waals surface area contributed by atoms with E-state index in [2.05, 4.69) is 55.7 Å². The maximum atomic E-state index is 13.7. The molecule has 3 rings (SSSR count). The number of carbonyl (C=O) groups excluding carboxylic acids is 1. The van der Waals surface area contributed by atoms with Crippen LogP contribution in [0.3, 0.4) is 0 Å². The third-order valence-electron chi connectivity index (χ3n) is 7.38. The molecule has 1 aliphatic rings. The Morgan fingerprint density at radius 1 is 1.11 bits per heavy atom. The van der Waals surface area contributed by atoms with Crippen LogP contribution in [0.4, 0.5) is 8.78 Å². The SMILES string of the molecule is CC(=O)N[C@@H](Cc1cc(F)cc(F)c1)[C@H](O)CNC1(c2cccc(C(C)(C)C)c2)CCC(CO)CC1. The van der Waals surface area contributed by atoms with E-state index in [1.165, 1.54) is 24.6 Å². The average Bonchev–Trinajstić information content (AvgIpc) is 2.81. The largest absolute Gasteiger partial charge is 0.396 e. The summed E-state index contributed by atoms with van der Waals surface area (Å²) in [6, 6.07) is 11.0. The van der Waals surface area contributed by atoms with E-state index >= 15 is 0 Å². The molecule has 0 radical (unpaired) electrons. The molecule has 0 bridgehead atoms. The van der Waals surface area contributed by atoms with Crippen LogP contribution in [0.15, 0.2) is 42.5 Å². The molecule has 1 fully saturated rings. The van der Waals surface area contributed by atoms with Crippen LogP contribution in [0.2, 0.25) is 0 Å². The fourth-order valence-electron chi connectivity index (χ4n) is 5.17. The van der Waals surface area contributed by atoms with Gasteiger partial charge in [-0.25, -0.2) is 8.78 Å². The standard InChI is InChI=1S/C29H40F2N2O3/c1-19(35)33-26(14-21-12-24(30)16-25(31)13-21)27(36)17-32-29(10-8-20(18-34)9-11-29)23-7-5-6-22(15-23)28(2,3)4/h5-7,12-13,15-16,20,26-27,32,34,36H,8-11,14,17-18H2,1-4H3,(H,33,35)/t20?,26-,27+,29?/m0/s1. The Hall–Kier alpha value is -2.35. The summed E-state index contributed by atoms with van der Waals surface area (Å²) >= 11 is 0. The van der Waals surface area contributed by atoms with E-state index in [-0.39, 0.29) is 42.4 Å². The fourth-order valence-corrected chi connectivity index (χ4v) is 5.17. The van der Waals surface area contributed by atoms with E-state index in [0.717, 1.165) is 37.3 Å². The van der Waals surface area contributed by atoms with E-state index < -0.39 is 23.8 Å². The van der Waals surface area contributed by atoms with Gasteiger partial charge in [0, 0.05) is 31.7 Å². The van der Waals surface area contributed by atoms with Gasteiger partial charge in [-0.1, -0.05) is 45.0 Å². The highest BCUT2D eigenvalue weighted by Gasteiger charge is 2.38. The number of hydrogen-bond acceptors (Lipinski definition) is 4. The third kappa shape index (κ3) is 7.34. The minimum atomic E-state index is -0.988. The lowest BCUT2D eigenvalue weighted by atomic mass is 9.71. The Kier molecular flexibility index (Phi) is 9.25. The van der Waals surface area contributed by atoms with Crippen molar-refractivity contribution in [3.05, 3.63) is 70.8 Å². The Morgan fingerprint density at radius 2 is 1.75 bits per heavy atom. The number of amides is 1. The number of halogens is 2. The maximum Gasteiger partial charge on any atom is 0.217 e. The van der Waals surface area contributed by atoms with Crippen LogP contribution in [-0.4, -0.2) is 41.4 Å². The molecule has 7 heteroatoms. The molecular weight excluding hydrogens is 462 g/mol. The van der Waals surface area contributed by atoms with E-state index in [1.807, 2.05) is 0 Å². The smallest absolute Gasteiger partial charge is 0.217 e. The van der Waals surface area contributed by atoms with Crippen LogP contribution >= 0.6 is 0 Å². The number of aliphatic hydroxyl groups excluding tert-OH is 2. The molecule has 1 aliphatic carbocycles. The van der Waals surface area contributed by atoms with Crippen LogP contribution in [0.1, 0.15) is 70.1 Å². The molecule has 2 atom stereocenters. The molecule has 1 amide bonds. The highest BCUT2D eigenvalue weighted by atomic mass is 19.1. The van der Waals surface area contributed by atoms with Crippen molar-refractivity contribution in [2.75, 3.05) is 13.2 Å². The van der Waals surface area contributed by atoms with Gasteiger partial charge < -0.3 is 20.8 Å². The van der Waals surface area contributed by atoms with Gasteiger partial charge in [-0.3, -0.25) is 4.79 Å². The van der Waals surface area contributed by atoms with E-state index in [4.69, 9.17) is 0 Å². The number of rotatable bonds is 9. The van der Waals surface area contributed by atoms with Gasteiger partial charge in [0.15, 0.2) is 0 Å². The Morgan fingerprint density at radius 3 is 2.31 bits per heavy atom. The lowest BCUT2D eigenvalue weighted by Crippen LogP contribution is -2.53. The summed E-state index contributed by atoms with van der Waals surface area (Å²) in [5.41, 5.74) is 2.31. The van der Waals surface area contributed by atoms with Crippen molar-refractivity contribution in [1.29, 1.82) is 0 Å². The third-order valence-corrected chi connectivity index (χ3v) is 7.38. The zero-order valence-electron chi connectivity index (χ0n) is 21.8. The van der Waals surface area contributed by atoms with Gasteiger partial charge in [0.25, 0.3) is 0 Å². The number of nitrogens with one attached hydrogen (secondary N) is 2. The first-order valence-corrected chi connectivity index (χ1v) is 12.8. The molecule has 0 saturated heterocycles. The first-order chi connectivity index (χ1) is 16.9. The maximum absolute atomic E-state index is 13.7. The van der Waals surface area contributed by atoms with Crippen molar-refractivity contribution >= 4 is 5.91 Å². The normalized spacial score (nSPS) is 22.2. The van der Waals surface area contributed by atoms with Gasteiger partial charge in [0.1, 0.15) is 11.6 Å². The molecule has 36 heavy (non-hydrogen) atoms. The van der Waals surface area contributed by atoms with Gasteiger partial charge in [-0.15, -0.1) is 0 Å². The van der Waals surface area contributed by atoms with Gasteiger partial charge in [-0.05, 0) is 72.3 Å². The molecule has 0 unspecified atom stereocenters. The second-order valence-corrected chi connectivity index (χ2v) is 11.3. The van der Waals surface area contributed by atoms with Crippen LogP contribution in [0.25, 0.3) is 0 Å². The summed E-state index contributed by atoms with van der Waals surface area (Å²) in [5.74, 6) is -1.47. The molecule has 1 saturated carbocycles. The van der Waals surface area contributed by atoms with Crippen molar-refractivity contribution in [3.8, 4) is 0 Å². The lowest BCUT2D eigenvalue weighted by Gasteiger charge is -2.43. The highest BCUT2D eigenvalue weighted by molar-refractivity contribution is 5.73. The van der Waals surface area contributed by atoms with E-state index in [0.29, 0.717) is 5.56 Å². The Labute approximate surface area is 213 Å². The Balaban J connectivity index is 1.83. The summed E-state index contributed by atoms with van der Waals surface area (Å²) < 4.78 is 27.5. The van der Waals surface area contributed by atoms with Crippen molar-refractivity contribution in [2.24, 2.45) is 5.92 Å². The molecule has 0 heterocycles. The summed E-state index contributed by atoms with van der Waals surface area (Å²) in [5, 5.41) is 27.2. The molecule has 0 spiro atoms. The quantitative estimate of drug-likeness (QED) is 0.411. The number of benzene rings is 2. The van der Waals surface area contributed by atoms with Crippen LogP contribution in [-0.2, 0) is 22.2 Å². The van der Waals surface area contributed by atoms with E-state index in [1.54, 1.807) is 0 Å². The first-order valence-electron chi connectivity index (χ1n) is 12.8. The van der Waals surface area contributed by atoms with Crippen molar-refractivity contribution < 1.29 is 23.8 Å². The Bertz CT molecular complexity index is 1010. The summed E-state index contributed by atoms with van der Waals surface area (Å²) in [6.07, 6.45) is 2.43. The van der Waals surface area contributed by atoms with Gasteiger partial charge in [-0.2, -0.15) is 0 Å². The molecule has 198 valence electrons. The molecule has 5 nitrogen and oxygen atoms in total. The predicted molar refractivity (Wildman–Crippen MR) is 138 cm³/mol. The predicted octanol–water partition coefficient (Wildman–Crippen LogP) is 4.34. The second-order valence-electron chi connectivity index (χ2n) is 11.3. The average molecular weight is 503 g/mol. The molecular formula is C29H40F2N2O3. The van der Waals surface area contributed by atoms with Crippen molar-refractivity contribution in [3.63, 3.8) is 0 Å². The highest BCUT2D eigenvalue weighted by Crippen LogP contribution is 2.40. The number of hydrogen-bond donors (Lipinski definition) is 4. The lowest BCUT2D eigenvalue weighted by molar-refractivity contribution is -0.120. The monoisotopic (exact) mass is 502 g/mol. The molecule has 2 aromatic rings. The molecule has 0 aromatic heterocycles. The van der Waals surface area contributed by atoms with Crippen LogP contribution in [0.5, 0.6) is 0 Å².